The third-order valence-electron chi connectivity index (χ3n) is 6.98. The number of hydrogen-bond acceptors (Lipinski definition) is 6. The van der Waals surface area contributed by atoms with Crippen molar-refractivity contribution in [1.82, 2.24) is 15.0 Å². The molecule has 3 aromatic rings. The molecule has 0 saturated heterocycles. The predicted molar refractivity (Wildman–Crippen MR) is 135 cm³/mol. The van der Waals surface area contributed by atoms with Crippen molar-refractivity contribution in [3.05, 3.63) is 60.4 Å². The standard InChI is InChI=1S/C27H34N6/c1-19(2)33(23-12-10-22(28)11-13-23)27-29-15-14-26(31-27)32-16-6-9-21-18-30-24(17-25(21)32)20-7-4-3-5-8-20/h3-5,7-8,14-15,17-19,22-23H,6,9-13,16,28H2,1-2H3/t22-,23-. The lowest BCUT2D eigenvalue weighted by atomic mass is 9.90. The molecule has 0 atom stereocenters. The second kappa shape index (κ2) is 9.48. The molecule has 3 heterocycles. The highest BCUT2D eigenvalue weighted by molar-refractivity contribution is 5.72. The average molecular weight is 443 g/mol. The number of benzene rings is 1. The summed E-state index contributed by atoms with van der Waals surface area (Å²) in [6.45, 7) is 5.42. The monoisotopic (exact) mass is 442 g/mol. The van der Waals surface area contributed by atoms with E-state index in [0.717, 1.165) is 68.1 Å². The highest BCUT2D eigenvalue weighted by Gasteiger charge is 2.29. The van der Waals surface area contributed by atoms with Gasteiger partial charge in [-0.05, 0) is 70.1 Å². The first-order chi connectivity index (χ1) is 16.1. The first-order valence-corrected chi connectivity index (χ1v) is 12.3. The van der Waals surface area contributed by atoms with Crippen LogP contribution in [0.25, 0.3) is 11.3 Å². The fraction of sp³-hybridized carbons (Fsp3) is 0.444. The first-order valence-electron chi connectivity index (χ1n) is 12.3. The second-order valence-electron chi connectivity index (χ2n) is 9.60. The van der Waals surface area contributed by atoms with Crippen LogP contribution >= 0.6 is 0 Å². The molecule has 1 aliphatic heterocycles. The van der Waals surface area contributed by atoms with E-state index in [9.17, 15) is 0 Å². The van der Waals surface area contributed by atoms with Crippen LogP contribution in [0.2, 0.25) is 0 Å². The molecule has 2 N–H and O–H groups in total. The minimum Gasteiger partial charge on any atom is -0.335 e. The van der Waals surface area contributed by atoms with E-state index in [1.165, 1.54) is 11.3 Å². The SMILES string of the molecule is CC(C)N(c1nccc(N2CCCc3cnc(-c4ccccc4)cc32)n1)[C@H]1CC[C@H](N)CC1. The molecule has 5 rings (SSSR count). The Labute approximate surface area is 196 Å². The summed E-state index contributed by atoms with van der Waals surface area (Å²) in [5, 5.41) is 0. The van der Waals surface area contributed by atoms with Crippen LogP contribution < -0.4 is 15.5 Å². The summed E-state index contributed by atoms with van der Waals surface area (Å²) in [7, 11) is 0. The topological polar surface area (TPSA) is 71.2 Å². The van der Waals surface area contributed by atoms with Gasteiger partial charge in [-0.25, -0.2) is 4.98 Å². The van der Waals surface area contributed by atoms with E-state index in [2.05, 4.69) is 54.0 Å². The smallest absolute Gasteiger partial charge is 0.227 e. The molecule has 6 heteroatoms. The molecule has 2 aromatic heterocycles. The summed E-state index contributed by atoms with van der Waals surface area (Å²) in [5.74, 6) is 1.79. The number of hydrogen-bond donors (Lipinski definition) is 1. The van der Waals surface area contributed by atoms with E-state index in [1.807, 2.05) is 24.5 Å². The molecule has 172 valence electrons. The Kier molecular flexibility index (Phi) is 6.27. The highest BCUT2D eigenvalue weighted by atomic mass is 15.3. The lowest BCUT2D eigenvalue weighted by molar-refractivity contribution is 0.360. The van der Waals surface area contributed by atoms with E-state index < -0.39 is 0 Å². The van der Waals surface area contributed by atoms with E-state index in [0.29, 0.717) is 18.1 Å². The molecule has 1 aliphatic carbocycles. The van der Waals surface area contributed by atoms with Gasteiger partial charge in [0, 0.05) is 48.3 Å². The Balaban J connectivity index is 1.48. The summed E-state index contributed by atoms with van der Waals surface area (Å²) in [5.41, 5.74) is 10.8. The molecule has 1 aromatic carbocycles. The molecule has 1 fully saturated rings. The molecular formula is C27H34N6. The van der Waals surface area contributed by atoms with Crippen molar-refractivity contribution in [2.24, 2.45) is 5.73 Å². The summed E-state index contributed by atoms with van der Waals surface area (Å²) in [6.07, 6.45) is 10.4. The van der Waals surface area contributed by atoms with Gasteiger partial charge in [0.15, 0.2) is 0 Å². The molecule has 1 saturated carbocycles. The molecule has 0 spiro atoms. The van der Waals surface area contributed by atoms with Crippen molar-refractivity contribution in [2.75, 3.05) is 16.3 Å². The van der Waals surface area contributed by atoms with Crippen molar-refractivity contribution in [2.45, 2.75) is 70.5 Å². The Morgan fingerprint density at radius 3 is 2.58 bits per heavy atom. The fourth-order valence-electron chi connectivity index (χ4n) is 5.28. The highest BCUT2D eigenvalue weighted by Crippen LogP contribution is 2.36. The molecule has 0 unspecified atom stereocenters. The Morgan fingerprint density at radius 2 is 1.82 bits per heavy atom. The minimum absolute atomic E-state index is 0.333. The van der Waals surface area contributed by atoms with Crippen molar-refractivity contribution < 1.29 is 0 Å². The van der Waals surface area contributed by atoms with Gasteiger partial charge in [0.25, 0.3) is 0 Å². The van der Waals surface area contributed by atoms with Crippen LogP contribution in [0, 0.1) is 0 Å². The fourth-order valence-corrected chi connectivity index (χ4v) is 5.28. The van der Waals surface area contributed by atoms with E-state index in [-0.39, 0.29) is 0 Å². The Bertz CT molecular complexity index is 1070. The van der Waals surface area contributed by atoms with Gasteiger partial charge in [0.2, 0.25) is 5.95 Å². The second-order valence-corrected chi connectivity index (χ2v) is 9.60. The van der Waals surface area contributed by atoms with Gasteiger partial charge in [-0.2, -0.15) is 4.98 Å². The summed E-state index contributed by atoms with van der Waals surface area (Å²) in [4.78, 5) is 19.3. The van der Waals surface area contributed by atoms with Gasteiger partial charge in [0.1, 0.15) is 5.82 Å². The van der Waals surface area contributed by atoms with Crippen LogP contribution in [-0.4, -0.2) is 39.6 Å². The van der Waals surface area contributed by atoms with Gasteiger partial charge in [-0.3, -0.25) is 4.98 Å². The zero-order valence-corrected chi connectivity index (χ0v) is 19.7. The van der Waals surface area contributed by atoms with Crippen molar-refractivity contribution in [1.29, 1.82) is 0 Å². The molecular weight excluding hydrogens is 408 g/mol. The third kappa shape index (κ3) is 4.58. The van der Waals surface area contributed by atoms with E-state index in [1.54, 1.807) is 0 Å². The van der Waals surface area contributed by atoms with Crippen molar-refractivity contribution >= 4 is 17.5 Å². The first kappa shape index (κ1) is 21.8. The molecule has 0 radical (unpaired) electrons. The van der Waals surface area contributed by atoms with Gasteiger partial charge in [-0.15, -0.1) is 0 Å². The number of nitrogens with zero attached hydrogens (tertiary/aromatic N) is 5. The number of aryl methyl sites for hydroxylation is 1. The van der Waals surface area contributed by atoms with Gasteiger partial charge in [0.05, 0.1) is 5.69 Å². The van der Waals surface area contributed by atoms with Crippen LogP contribution in [-0.2, 0) is 6.42 Å². The van der Waals surface area contributed by atoms with Crippen LogP contribution in [0.1, 0.15) is 51.5 Å². The number of fused-ring (bicyclic) bond motifs is 1. The maximum atomic E-state index is 6.17. The number of anilines is 3. The average Bonchev–Trinajstić information content (AvgIpc) is 2.85. The van der Waals surface area contributed by atoms with Gasteiger partial charge < -0.3 is 15.5 Å². The summed E-state index contributed by atoms with van der Waals surface area (Å²) < 4.78 is 0. The summed E-state index contributed by atoms with van der Waals surface area (Å²) in [6, 6.07) is 15.8. The largest absolute Gasteiger partial charge is 0.335 e. The van der Waals surface area contributed by atoms with Crippen LogP contribution in [0.3, 0.4) is 0 Å². The Hall–Kier alpha value is -2.99. The molecule has 33 heavy (non-hydrogen) atoms. The van der Waals surface area contributed by atoms with Crippen molar-refractivity contribution in [3.63, 3.8) is 0 Å². The Morgan fingerprint density at radius 1 is 1.03 bits per heavy atom. The molecule has 2 aliphatic rings. The van der Waals surface area contributed by atoms with Crippen LogP contribution in [0.15, 0.2) is 54.9 Å². The maximum absolute atomic E-state index is 6.17. The lowest BCUT2D eigenvalue weighted by Gasteiger charge is -2.39. The number of rotatable bonds is 5. The van der Waals surface area contributed by atoms with Crippen molar-refractivity contribution in [3.8, 4) is 11.3 Å². The molecule has 0 bridgehead atoms. The quantitative estimate of drug-likeness (QED) is 0.592. The van der Waals surface area contributed by atoms with E-state index in [4.69, 9.17) is 20.7 Å². The zero-order valence-electron chi connectivity index (χ0n) is 19.7. The van der Waals surface area contributed by atoms with E-state index >= 15 is 0 Å². The van der Waals surface area contributed by atoms with Crippen LogP contribution in [0.4, 0.5) is 17.5 Å². The van der Waals surface area contributed by atoms with Gasteiger partial charge in [-0.1, -0.05) is 30.3 Å². The lowest BCUT2D eigenvalue weighted by Crippen LogP contribution is -2.45. The maximum Gasteiger partial charge on any atom is 0.227 e. The predicted octanol–water partition coefficient (Wildman–Crippen LogP) is 5.11. The molecule has 6 nitrogen and oxygen atoms in total. The normalized spacial score (nSPS) is 20.5. The summed E-state index contributed by atoms with van der Waals surface area (Å²) >= 11 is 0. The van der Waals surface area contributed by atoms with Crippen LogP contribution in [0.5, 0.6) is 0 Å². The third-order valence-corrected chi connectivity index (χ3v) is 6.98. The number of aromatic nitrogens is 3. The zero-order chi connectivity index (χ0) is 22.8. The molecule has 0 amide bonds. The minimum atomic E-state index is 0.333. The number of pyridine rings is 1. The number of nitrogens with two attached hydrogens (primary N) is 1. The van der Waals surface area contributed by atoms with Gasteiger partial charge >= 0.3 is 0 Å².